The summed E-state index contributed by atoms with van der Waals surface area (Å²) in [6, 6.07) is 3.70. The third-order valence-corrected chi connectivity index (χ3v) is 2.93. The highest BCUT2D eigenvalue weighted by atomic mass is 79.9. The Balaban J connectivity index is 3.24. The molecule has 0 aliphatic carbocycles. The monoisotopic (exact) mass is 277 g/mol. The van der Waals surface area contributed by atoms with Crippen molar-refractivity contribution in [1.29, 1.82) is 0 Å². The van der Waals surface area contributed by atoms with Gasteiger partial charge < -0.3 is 10.5 Å². The van der Waals surface area contributed by atoms with Crippen LogP contribution < -0.4 is 10.5 Å². The van der Waals surface area contributed by atoms with Crippen molar-refractivity contribution in [3.8, 4) is 5.75 Å². The predicted molar refractivity (Wildman–Crippen MR) is 63.2 cm³/mol. The lowest BCUT2D eigenvalue weighted by Gasteiger charge is -2.15. The van der Waals surface area contributed by atoms with Gasteiger partial charge in [0.15, 0.2) is 0 Å². The minimum absolute atomic E-state index is 0.236. The average Bonchev–Trinajstić information content (AvgIpc) is 2.15. The molecule has 0 radical (unpaired) electrons. The fraction of sp³-hybridized carbons (Fsp3) is 0.400. The van der Waals surface area contributed by atoms with Crippen molar-refractivity contribution in [2.45, 2.75) is 12.8 Å². The Morgan fingerprint density at radius 2 is 2.21 bits per heavy atom. The molecule has 1 aromatic carbocycles. The highest BCUT2D eigenvalue weighted by molar-refractivity contribution is 9.10. The quantitative estimate of drug-likeness (QED) is 0.922. The average molecular weight is 279 g/mol. The summed E-state index contributed by atoms with van der Waals surface area (Å²) in [5.74, 6) is 1.05. The molecule has 0 bridgehead atoms. The van der Waals surface area contributed by atoms with Crippen LogP contribution in [0.4, 0.5) is 0 Å². The third-order valence-electron chi connectivity index (χ3n) is 2.13. The van der Waals surface area contributed by atoms with Crippen LogP contribution in [0.1, 0.15) is 18.4 Å². The topological polar surface area (TPSA) is 35.2 Å². The van der Waals surface area contributed by atoms with E-state index in [2.05, 4.69) is 15.9 Å². The Hall–Kier alpha value is -0.250. The first-order valence-electron chi connectivity index (χ1n) is 4.33. The first kappa shape index (κ1) is 11.8. The van der Waals surface area contributed by atoms with Gasteiger partial charge in [-0.25, -0.2) is 0 Å². The number of hydrogen-bond acceptors (Lipinski definition) is 2. The van der Waals surface area contributed by atoms with E-state index in [1.54, 1.807) is 7.11 Å². The van der Waals surface area contributed by atoms with E-state index in [4.69, 9.17) is 22.1 Å². The fourth-order valence-electron chi connectivity index (χ4n) is 1.29. The van der Waals surface area contributed by atoms with E-state index >= 15 is 0 Å². The molecule has 0 spiro atoms. The van der Waals surface area contributed by atoms with E-state index < -0.39 is 0 Å². The number of ether oxygens (including phenoxy) is 1. The maximum absolute atomic E-state index is 5.95. The van der Waals surface area contributed by atoms with Crippen molar-refractivity contribution in [3.63, 3.8) is 0 Å². The zero-order valence-corrected chi connectivity index (χ0v) is 10.5. The highest BCUT2D eigenvalue weighted by Crippen LogP contribution is 2.36. The highest BCUT2D eigenvalue weighted by Gasteiger charge is 2.14. The Kier molecular flexibility index (Phi) is 4.23. The number of halogens is 2. The molecule has 1 unspecified atom stereocenters. The number of hydrogen-bond donors (Lipinski definition) is 1. The summed E-state index contributed by atoms with van der Waals surface area (Å²) < 4.78 is 6.16. The number of methoxy groups -OCH3 is 1. The van der Waals surface area contributed by atoms with Gasteiger partial charge in [-0.15, -0.1) is 0 Å². The fourth-order valence-corrected chi connectivity index (χ4v) is 2.28. The summed E-state index contributed by atoms with van der Waals surface area (Å²) in [4.78, 5) is 0. The molecule has 0 aromatic heterocycles. The zero-order valence-electron chi connectivity index (χ0n) is 8.18. The van der Waals surface area contributed by atoms with Crippen molar-refractivity contribution in [3.05, 3.63) is 27.2 Å². The van der Waals surface area contributed by atoms with E-state index in [0.29, 0.717) is 11.6 Å². The van der Waals surface area contributed by atoms with E-state index in [-0.39, 0.29) is 5.92 Å². The minimum Gasteiger partial charge on any atom is -0.495 e. The second kappa shape index (κ2) is 5.01. The second-order valence-corrected chi connectivity index (χ2v) is 4.44. The van der Waals surface area contributed by atoms with Crippen LogP contribution >= 0.6 is 27.5 Å². The summed E-state index contributed by atoms with van der Waals surface area (Å²) in [5, 5.41) is 0.688. The molecule has 0 amide bonds. The van der Waals surface area contributed by atoms with Gasteiger partial charge in [-0.2, -0.15) is 0 Å². The van der Waals surface area contributed by atoms with Crippen molar-refractivity contribution in [1.82, 2.24) is 0 Å². The molecule has 14 heavy (non-hydrogen) atoms. The minimum atomic E-state index is 0.236. The number of nitrogens with two attached hydrogens (primary N) is 1. The van der Waals surface area contributed by atoms with Crippen LogP contribution in [-0.4, -0.2) is 13.7 Å². The molecule has 78 valence electrons. The van der Waals surface area contributed by atoms with Crippen LogP contribution in [0.2, 0.25) is 5.02 Å². The van der Waals surface area contributed by atoms with Gasteiger partial charge in [-0.05, 0) is 40.5 Å². The van der Waals surface area contributed by atoms with Gasteiger partial charge in [0.05, 0.1) is 11.6 Å². The number of rotatable bonds is 3. The third kappa shape index (κ3) is 2.41. The molecule has 0 aliphatic rings. The lowest BCUT2D eigenvalue weighted by atomic mass is 10.0. The van der Waals surface area contributed by atoms with Crippen molar-refractivity contribution >= 4 is 27.5 Å². The summed E-state index contributed by atoms with van der Waals surface area (Å²) in [5.41, 5.74) is 6.65. The molecule has 0 saturated heterocycles. The Morgan fingerprint density at radius 1 is 1.57 bits per heavy atom. The van der Waals surface area contributed by atoms with Crippen molar-refractivity contribution < 1.29 is 4.74 Å². The molecule has 0 fully saturated rings. The molecule has 4 heteroatoms. The van der Waals surface area contributed by atoms with Crippen LogP contribution in [0.3, 0.4) is 0 Å². The summed E-state index contributed by atoms with van der Waals surface area (Å²) in [6.07, 6.45) is 0. The normalized spacial score (nSPS) is 12.6. The first-order chi connectivity index (χ1) is 6.60. The molecule has 1 atom stereocenters. The van der Waals surface area contributed by atoms with Gasteiger partial charge >= 0.3 is 0 Å². The molecule has 0 saturated carbocycles. The number of benzene rings is 1. The zero-order chi connectivity index (χ0) is 10.7. The maximum Gasteiger partial charge on any atom is 0.136 e. The Morgan fingerprint density at radius 3 is 2.71 bits per heavy atom. The predicted octanol–water partition coefficient (Wildman–Crippen LogP) is 3.17. The van der Waals surface area contributed by atoms with Crippen molar-refractivity contribution in [2.75, 3.05) is 13.7 Å². The molecule has 1 rings (SSSR count). The first-order valence-corrected chi connectivity index (χ1v) is 5.50. The van der Waals surface area contributed by atoms with Crippen molar-refractivity contribution in [2.24, 2.45) is 5.73 Å². The van der Waals surface area contributed by atoms with E-state index in [1.807, 2.05) is 19.1 Å². The molecule has 1 aromatic rings. The lowest BCUT2D eigenvalue weighted by Crippen LogP contribution is -2.10. The van der Waals surface area contributed by atoms with E-state index in [9.17, 15) is 0 Å². The van der Waals surface area contributed by atoms with Gasteiger partial charge in [-0.1, -0.05) is 18.5 Å². The van der Waals surface area contributed by atoms with Crippen LogP contribution in [0.25, 0.3) is 0 Å². The largest absolute Gasteiger partial charge is 0.495 e. The van der Waals surface area contributed by atoms with Crippen LogP contribution in [0.15, 0.2) is 16.6 Å². The summed E-state index contributed by atoms with van der Waals surface area (Å²) in [7, 11) is 1.64. The van der Waals surface area contributed by atoms with E-state index in [0.717, 1.165) is 15.8 Å². The van der Waals surface area contributed by atoms with Crippen LogP contribution in [-0.2, 0) is 0 Å². The Labute approximate surface area is 97.5 Å². The van der Waals surface area contributed by atoms with Gasteiger partial charge in [0.25, 0.3) is 0 Å². The second-order valence-electron chi connectivity index (χ2n) is 3.15. The van der Waals surface area contributed by atoms with E-state index in [1.165, 1.54) is 0 Å². The van der Waals surface area contributed by atoms with Gasteiger partial charge in [-0.3, -0.25) is 0 Å². The molecule has 2 N–H and O–H groups in total. The molecule has 0 aliphatic heterocycles. The molecular weight excluding hydrogens is 265 g/mol. The molecule has 0 heterocycles. The smallest absolute Gasteiger partial charge is 0.136 e. The molecule has 2 nitrogen and oxygen atoms in total. The van der Waals surface area contributed by atoms with Gasteiger partial charge in [0.1, 0.15) is 5.75 Å². The summed E-state index contributed by atoms with van der Waals surface area (Å²) >= 11 is 9.36. The van der Waals surface area contributed by atoms with Crippen LogP contribution in [0.5, 0.6) is 5.75 Å². The molecular formula is C10H13BrClNO. The van der Waals surface area contributed by atoms with Gasteiger partial charge in [0.2, 0.25) is 0 Å². The SMILES string of the molecule is COc1c(Br)cc(Cl)cc1C(C)CN. The van der Waals surface area contributed by atoms with Crippen LogP contribution in [0, 0.1) is 0 Å². The standard InChI is InChI=1S/C10H13BrClNO/c1-6(5-13)8-3-7(12)4-9(11)10(8)14-2/h3-4,6H,5,13H2,1-2H3. The lowest BCUT2D eigenvalue weighted by molar-refractivity contribution is 0.404. The Bertz CT molecular complexity index is 330. The maximum atomic E-state index is 5.95. The van der Waals surface area contributed by atoms with Gasteiger partial charge in [0, 0.05) is 10.6 Å². The summed E-state index contributed by atoms with van der Waals surface area (Å²) in [6.45, 7) is 2.61.